The summed E-state index contributed by atoms with van der Waals surface area (Å²) < 4.78 is 5.54. The van der Waals surface area contributed by atoms with Crippen LogP contribution in [0.4, 0.5) is 0 Å². The highest BCUT2D eigenvalue weighted by Gasteiger charge is 2.42. The Morgan fingerprint density at radius 2 is 1.44 bits per heavy atom. The van der Waals surface area contributed by atoms with Crippen LogP contribution in [-0.4, -0.2) is 54.4 Å². The van der Waals surface area contributed by atoms with E-state index in [4.69, 9.17) is 16.3 Å². The second kappa shape index (κ2) is 8.09. The highest BCUT2D eigenvalue weighted by atomic mass is 35.5. The lowest BCUT2D eigenvalue weighted by Gasteiger charge is -2.35. The van der Waals surface area contributed by atoms with Gasteiger partial charge in [-0.15, -0.1) is 0 Å². The molecule has 2 amide bonds. The van der Waals surface area contributed by atoms with Gasteiger partial charge in [-0.2, -0.15) is 0 Å². The molecule has 3 fully saturated rings. The van der Waals surface area contributed by atoms with Crippen LogP contribution >= 0.6 is 11.6 Å². The van der Waals surface area contributed by atoms with Crippen LogP contribution in [0.5, 0.6) is 5.75 Å². The van der Waals surface area contributed by atoms with E-state index in [9.17, 15) is 9.59 Å². The van der Waals surface area contributed by atoms with Crippen LogP contribution in [0, 0.1) is 17.8 Å². The normalized spacial score (nSPS) is 20.1. The number of rotatable bonds is 7. The predicted octanol–water partition coefficient (Wildman–Crippen LogP) is 3.22. The van der Waals surface area contributed by atoms with Crippen molar-refractivity contribution in [1.82, 2.24) is 9.80 Å². The quantitative estimate of drug-likeness (QED) is 0.718. The summed E-state index contributed by atoms with van der Waals surface area (Å²) >= 11 is 5.85. The smallest absolute Gasteiger partial charge is 0.260 e. The molecule has 1 aromatic rings. The SMILES string of the molecule is O=C(COc1ccc(Cl)cc1)N1CCN(C(=O)CC(C2CC2)C2CC2)CC1. The van der Waals surface area contributed by atoms with E-state index >= 15 is 0 Å². The van der Waals surface area contributed by atoms with Gasteiger partial charge in [-0.25, -0.2) is 0 Å². The van der Waals surface area contributed by atoms with Gasteiger partial charge in [-0.3, -0.25) is 9.59 Å². The minimum absolute atomic E-state index is 0.0149. The summed E-state index contributed by atoms with van der Waals surface area (Å²) in [6.45, 7) is 2.46. The van der Waals surface area contributed by atoms with Gasteiger partial charge in [0.2, 0.25) is 5.91 Å². The average Bonchev–Trinajstić information content (AvgIpc) is 3.58. The molecule has 2 aliphatic carbocycles. The number of ether oxygens (including phenoxy) is 1. The summed E-state index contributed by atoms with van der Waals surface area (Å²) in [6, 6.07) is 6.98. The zero-order valence-electron chi connectivity index (χ0n) is 15.6. The number of benzene rings is 1. The number of carbonyl (C=O) groups is 2. The van der Waals surface area contributed by atoms with E-state index < -0.39 is 0 Å². The monoisotopic (exact) mass is 390 g/mol. The van der Waals surface area contributed by atoms with Crippen molar-refractivity contribution in [3.05, 3.63) is 29.3 Å². The molecule has 146 valence electrons. The van der Waals surface area contributed by atoms with Gasteiger partial charge < -0.3 is 14.5 Å². The maximum absolute atomic E-state index is 12.7. The summed E-state index contributed by atoms with van der Waals surface area (Å²) in [5.41, 5.74) is 0. The molecule has 0 bridgehead atoms. The number of halogens is 1. The lowest BCUT2D eigenvalue weighted by Crippen LogP contribution is -2.51. The van der Waals surface area contributed by atoms with Crippen molar-refractivity contribution in [2.75, 3.05) is 32.8 Å². The molecule has 6 heteroatoms. The zero-order chi connectivity index (χ0) is 18.8. The molecular formula is C21H27ClN2O3. The highest BCUT2D eigenvalue weighted by molar-refractivity contribution is 6.30. The molecule has 4 rings (SSSR count). The molecule has 27 heavy (non-hydrogen) atoms. The van der Waals surface area contributed by atoms with Gasteiger partial charge in [0.05, 0.1) is 0 Å². The molecule has 0 spiro atoms. The number of nitrogens with zero attached hydrogens (tertiary/aromatic N) is 2. The van der Waals surface area contributed by atoms with E-state index in [1.165, 1.54) is 25.7 Å². The van der Waals surface area contributed by atoms with Crippen LogP contribution in [0.1, 0.15) is 32.1 Å². The third kappa shape index (κ3) is 4.95. The second-order valence-electron chi connectivity index (χ2n) is 8.05. The third-order valence-electron chi connectivity index (χ3n) is 6.03. The molecule has 0 unspecified atom stereocenters. The highest BCUT2D eigenvalue weighted by Crippen LogP contribution is 2.50. The van der Waals surface area contributed by atoms with Crippen LogP contribution in [0.15, 0.2) is 24.3 Å². The standard InChI is InChI=1S/C21H27ClN2O3/c22-17-5-7-18(8-6-17)27-14-21(26)24-11-9-23(10-12-24)20(25)13-19(15-1-2-15)16-3-4-16/h5-8,15-16,19H,1-4,9-14H2. The summed E-state index contributed by atoms with van der Waals surface area (Å²) in [5, 5.41) is 0.639. The summed E-state index contributed by atoms with van der Waals surface area (Å²) in [7, 11) is 0. The van der Waals surface area contributed by atoms with Crippen molar-refractivity contribution in [1.29, 1.82) is 0 Å². The Morgan fingerprint density at radius 1 is 0.926 bits per heavy atom. The first-order valence-electron chi connectivity index (χ1n) is 10.0. The van der Waals surface area contributed by atoms with Gasteiger partial charge in [0.1, 0.15) is 5.75 Å². The number of hydrogen-bond acceptors (Lipinski definition) is 3. The van der Waals surface area contributed by atoms with E-state index in [0.29, 0.717) is 49.3 Å². The van der Waals surface area contributed by atoms with Crippen molar-refractivity contribution in [2.45, 2.75) is 32.1 Å². The summed E-state index contributed by atoms with van der Waals surface area (Å²) in [5.74, 6) is 3.09. The number of hydrogen-bond donors (Lipinski definition) is 0. The molecule has 1 heterocycles. The predicted molar refractivity (Wildman–Crippen MR) is 104 cm³/mol. The first-order chi connectivity index (χ1) is 13.1. The van der Waals surface area contributed by atoms with Crippen LogP contribution in [0.3, 0.4) is 0 Å². The Morgan fingerprint density at radius 3 is 1.96 bits per heavy atom. The van der Waals surface area contributed by atoms with Crippen molar-refractivity contribution >= 4 is 23.4 Å². The van der Waals surface area contributed by atoms with Gasteiger partial charge in [-0.1, -0.05) is 11.6 Å². The van der Waals surface area contributed by atoms with E-state index in [2.05, 4.69) is 0 Å². The molecule has 5 nitrogen and oxygen atoms in total. The minimum atomic E-state index is -0.0362. The van der Waals surface area contributed by atoms with Gasteiger partial charge in [0.15, 0.2) is 6.61 Å². The molecular weight excluding hydrogens is 364 g/mol. The lowest BCUT2D eigenvalue weighted by atomic mass is 9.93. The van der Waals surface area contributed by atoms with Gasteiger partial charge >= 0.3 is 0 Å². The van der Waals surface area contributed by atoms with Crippen LogP contribution < -0.4 is 4.74 Å². The summed E-state index contributed by atoms with van der Waals surface area (Å²) in [6.07, 6.45) is 5.95. The Bertz CT molecular complexity index is 665. The molecule has 0 aromatic heterocycles. The van der Waals surface area contributed by atoms with E-state index in [1.807, 2.05) is 4.90 Å². The number of amides is 2. The van der Waals surface area contributed by atoms with E-state index in [-0.39, 0.29) is 18.4 Å². The minimum Gasteiger partial charge on any atom is -0.484 e. The Labute approximate surface area is 165 Å². The van der Waals surface area contributed by atoms with Gasteiger partial charge in [-0.05, 0) is 67.7 Å². The fraction of sp³-hybridized carbons (Fsp3) is 0.619. The zero-order valence-corrected chi connectivity index (χ0v) is 16.4. The Balaban J connectivity index is 1.20. The van der Waals surface area contributed by atoms with Crippen molar-refractivity contribution in [2.24, 2.45) is 17.8 Å². The fourth-order valence-corrected chi connectivity index (χ4v) is 4.20. The Kier molecular flexibility index (Phi) is 5.58. The second-order valence-corrected chi connectivity index (χ2v) is 8.48. The van der Waals surface area contributed by atoms with E-state index in [1.54, 1.807) is 29.2 Å². The van der Waals surface area contributed by atoms with Gasteiger partial charge in [0.25, 0.3) is 5.91 Å². The van der Waals surface area contributed by atoms with Gasteiger partial charge in [0, 0.05) is 37.6 Å². The molecule has 0 N–H and O–H groups in total. The van der Waals surface area contributed by atoms with Crippen LogP contribution in [0.25, 0.3) is 0 Å². The maximum Gasteiger partial charge on any atom is 0.260 e. The first kappa shape index (κ1) is 18.6. The molecule has 2 saturated carbocycles. The molecule has 1 saturated heterocycles. The average molecular weight is 391 g/mol. The molecule has 3 aliphatic rings. The van der Waals surface area contributed by atoms with Crippen LogP contribution in [0.2, 0.25) is 5.02 Å². The van der Waals surface area contributed by atoms with E-state index in [0.717, 1.165) is 11.8 Å². The van der Waals surface area contributed by atoms with Crippen LogP contribution in [-0.2, 0) is 9.59 Å². The molecule has 0 radical (unpaired) electrons. The molecule has 1 aliphatic heterocycles. The maximum atomic E-state index is 12.7. The summed E-state index contributed by atoms with van der Waals surface area (Å²) in [4.78, 5) is 28.8. The number of carbonyl (C=O) groups excluding carboxylic acids is 2. The topological polar surface area (TPSA) is 49.9 Å². The fourth-order valence-electron chi connectivity index (χ4n) is 4.07. The lowest BCUT2D eigenvalue weighted by molar-refractivity contribution is -0.141. The molecule has 1 aromatic carbocycles. The van der Waals surface area contributed by atoms with Crippen molar-refractivity contribution in [3.63, 3.8) is 0 Å². The molecule has 0 atom stereocenters. The third-order valence-corrected chi connectivity index (χ3v) is 6.28. The first-order valence-corrected chi connectivity index (χ1v) is 10.4. The largest absolute Gasteiger partial charge is 0.484 e. The Hall–Kier alpha value is -1.75. The number of piperazine rings is 1. The van der Waals surface area contributed by atoms with Crippen molar-refractivity contribution < 1.29 is 14.3 Å². The van der Waals surface area contributed by atoms with Crippen molar-refractivity contribution in [3.8, 4) is 5.75 Å².